The number of carbonyl (C=O) groups is 1. The number of nitrogens with zero attached hydrogens (tertiary/aromatic N) is 3. The van der Waals surface area contributed by atoms with Gasteiger partial charge in [0, 0.05) is 31.1 Å². The first kappa shape index (κ1) is 26.4. The number of anilines is 2. The number of rotatable bonds is 9. The van der Waals surface area contributed by atoms with Crippen LogP contribution in [0.2, 0.25) is 0 Å². The van der Waals surface area contributed by atoms with Crippen LogP contribution >= 0.6 is 0 Å². The number of aromatic nitrogens is 4. The van der Waals surface area contributed by atoms with Crippen molar-refractivity contribution < 1.29 is 23.4 Å². The molecule has 4 aromatic rings. The Morgan fingerprint density at radius 2 is 1.85 bits per heavy atom. The predicted molar refractivity (Wildman–Crippen MR) is 142 cm³/mol. The van der Waals surface area contributed by atoms with Gasteiger partial charge in [-0.05, 0) is 49.4 Å². The number of aromatic amines is 1. The molecular formula is C28H29FN6O4. The van der Waals surface area contributed by atoms with Crippen molar-refractivity contribution in [2.45, 2.75) is 13.2 Å². The summed E-state index contributed by atoms with van der Waals surface area (Å²) in [6.07, 6.45) is 0.811. The Morgan fingerprint density at radius 3 is 2.56 bits per heavy atom. The SMILES string of the molecule is COCCNC(=O)C1(C)COC(c2nc(-c3ccc(F)cc3)c(-c3ccnc(Nc4ccccc4)n3)[nH]2)OC1. The molecule has 10 nitrogen and oxygen atoms in total. The summed E-state index contributed by atoms with van der Waals surface area (Å²) in [5.74, 6) is 0.279. The molecule has 39 heavy (non-hydrogen) atoms. The monoisotopic (exact) mass is 532 g/mol. The summed E-state index contributed by atoms with van der Waals surface area (Å²) in [6, 6.07) is 17.4. The fourth-order valence-electron chi connectivity index (χ4n) is 4.09. The van der Waals surface area contributed by atoms with Crippen molar-refractivity contribution in [3.8, 4) is 22.6 Å². The summed E-state index contributed by atoms with van der Waals surface area (Å²) < 4.78 is 30.6. The average molecular weight is 533 g/mol. The fourth-order valence-corrected chi connectivity index (χ4v) is 4.09. The minimum atomic E-state index is -0.857. The molecular weight excluding hydrogens is 503 g/mol. The van der Waals surface area contributed by atoms with Gasteiger partial charge in [0.15, 0.2) is 5.82 Å². The van der Waals surface area contributed by atoms with E-state index in [1.807, 2.05) is 30.3 Å². The smallest absolute Gasteiger partial charge is 0.230 e. The van der Waals surface area contributed by atoms with Gasteiger partial charge in [0.05, 0.1) is 42.3 Å². The number of hydrogen-bond donors (Lipinski definition) is 3. The van der Waals surface area contributed by atoms with Gasteiger partial charge in [-0.2, -0.15) is 0 Å². The Labute approximate surface area is 225 Å². The average Bonchev–Trinajstić information content (AvgIpc) is 3.40. The summed E-state index contributed by atoms with van der Waals surface area (Å²) in [4.78, 5) is 29.7. The van der Waals surface area contributed by atoms with Crippen molar-refractivity contribution in [3.05, 3.63) is 78.5 Å². The van der Waals surface area contributed by atoms with E-state index in [0.29, 0.717) is 47.6 Å². The van der Waals surface area contributed by atoms with Crippen molar-refractivity contribution in [2.75, 3.05) is 38.8 Å². The van der Waals surface area contributed by atoms with Crippen LogP contribution in [-0.2, 0) is 19.0 Å². The van der Waals surface area contributed by atoms with Crippen LogP contribution in [0.3, 0.4) is 0 Å². The Balaban J connectivity index is 1.41. The van der Waals surface area contributed by atoms with E-state index in [2.05, 4.69) is 25.6 Å². The first-order chi connectivity index (χ1) is 18.9. The van der Waals surface area contributed by atoms with Crippen LogP contribution in [0.1, 0.15) is 19.0 Å². The largest absolute Gasteiger partial charge is 0.383 e. The minimum Gasteiger partial charge on any atom is -0.383 e. The lowest BCUT2D eigenvalue weighted by Gasteiger charge is -2.35. The van der Waals surface area contributed by atoms with Crippen LogP contribution in [0, 0.1) is 11.2 Å². The fraction of sp³-hybridized carbons (Fsp3) is 0.286. The third-order valence-corrected chi connectivity index (χ3v) is 6.25. The maximum atomic E-state index is 13.7. The molecule has 5 rings (SSSR count). The summed E-state index contributed by atoms with van der Waals surface area (Å²) >= 11 is 0. The standard InChI is InChI=1S/C28H29FN6O4/c1-28(26(36)30-14-15-37-2)16-38-25(39-17-28)24-34-22(18-8-10-19(29)11-9-18)23(35-24)21-12-13-31-27(33-21)32-20-6-4-3-5-7-20/h3-13,25H,14-17H2,1-2H3,(H,30,36)(H,34,35)(H,31,32,33). The van der Waals surface area contributed by atoms with Gasteiger partial charge in [0.25, 0.3) is 0 Å². The van der Waals surface area contributed by atoms with Gasteiger partial charge in [-0.25, -0.2) is 19.3 Å². The Kier molecular flexibility index (Phi) is 7.92. The molecule has 0 saturated carbocycles. The van der Waals surface area contributed by atoms with Crippen molar-refractivity contribution in [3.63, 3.8) is 0 Å². The second-order valence-electron chi connectivity index (χ2n) is 9.37. The molecule has 0 bridgehead atoms. The first-order valence-electron chi connectivity index (χ1n) is 12.5. The molecule has 11 heteroatoms. The Morgan fingerprint density at radius 1 is 1.10 bits per heavy atom. The molecule has 0 unspecified atom stereocenters. The minimum absolute atomic E-state index is 0.136. The van der Waals surface area contributed by atoms with Crippen molar-refractivity contribution >= 4 is 17.5 Å². The number of halogens is 1. The zero-order chi connectivity index (χ0) is 27.2. The lowest BCUT2D eigenvalue weighted by molar-refractivity contribution is -0.231. The topological polar surface area (TPSA) is 123 Å². The number of para-hydroxylation sites is 1. The van der Waals surface area contributed by atoms with Gasteiger partial charge in [0.1, 0.15) is 5.82 Å². The number of ether oxygens (including phenoxy) is 3. The molecule has 1 amide bonds. The van der Waals surface area contributed by atoms with Gasteiger partial charge in [-0.1, -0.05) is 18.2 Å². The van der Waals surface area contributed by atoms with E-state index in [0.717, 1.165) is 5.69 Å². The molecule has 0 radical (unpaired) electrons. The highest BCUT2D eigenvalue weighted by molar-refractivity contribution is 5.82. The molecule has 1 aliphatic heterocycles. The van der Waals surface area contributed by atoms with E-state index >= 15 is 0 Å². The number of benzene rings is 2. The van der Waals surface area contributed by atoms with Crippen molar-refractivity contribution in [1.29, 1.82) is 0 Å². The zero-order valence-electron chi connectivity index (χ0n) is 21.6. The number of H-pyrrole nitrogens is 1. The third kappa shape index (κ3) is 6.11. The zero-order valence-corrected chi connectivity index (χ0v) is 21.6. The number of imidazole rings is 1. The molecule has 0 atom stereocenters. The molecule has 2 aromatic heterocycles. The van der Waals surface area contributed by atoms with E-state index in [1.54, 1.807) is 38.4 Å². The summed E-state index contributed by atoms with van der Waals surface area (Å²) in [7, 11) is 1.57. The first-order valence-corrected chi connectivity index (χ1v) is 12.5. The number of carbonyl (C=O) groups excluding carboxylic acids is 1. The van der Waals surface area contributed by atoms with E-state index in [1.165, 1.54) is 12.1 Å². The van der Waals surface area contributed by atoms with Crippen molar-refractivity contribution in [2.24, 2.45) is 5.41 Å². The van der Waals surface area contributed by atoms with Crippen LogP contribution in [-0.4, -0.2) is 59.3 Å². The number of methoxy groups -OCH3 is 1. The van der Waals surface area contributed by atoms with E-state index < -0.39 is 11.7 Å². The second kappa shape index (κ2) is 11.7. The van der Waals surface area contributed by atoms with Crippen LogP contribution < -0.4 is 10.6 Å². The van der Waals surface area contributed by atoms with E-state index in [-0.39, 0.29) is 24.9 Å². The predicted octanol–water partition coefficient (Wildman–Crippen LogP) is 4.23. The summed E-state index contributed by atoms with van der Waals surface area (Å²) in [5.41, 5.74) is 2.38. The maximum Gasteiger partial charge on any atom is 0.230 e. The van der Waals surface area contributed by atoms with Gasteiger partial charge in [-0.15, -0.1) is 0 Å². The van der Waals surface area contributed by atoms with Crippen LogP contribution in [0.15, 0.2) is 66.9 Å². The van der Waals surface area contributed by atoms with E-state index in [4.69, 9.17) is 19.2 Å². The molecule has 1 aliphatic rings. The maximum absolute atomic E-state index is 13.7. The van der Waals surface area contributed by atoms with Crippen LogP contribution in [0.5, 0.6) is 0 Å². The van der Waals surface area contributed by atoms with Gasteiger partial charge in [-0.3, -0.25) is 4.79 Å². The van der Waals surface area contributed by atoms with Gasteiger partial charge < -0.3 is 29.8 Å². The lowest BCUT2D eigenvalue weighted by Crippen LogP contribution is -2.49. The number of hydrogen-bond acceptors (Lipinski definition) is 8. The Hall–Kier alpha value is -4.19. The number of nitrogens with one attached hydrogen (secondary N) is 3. The van der Waals surface area contributed by atoms with Crippen LogP contribution in [0.25, 0.3) is 22.6 Å². The molecule has 0 aliphatic carbocycles. The molecule has 2 aromatic carbocycles. The number of amides is 1. The summed E-state index contributed by atoms with van der Waals surface area (Å²) in [6.45, 7) is 2.87. The second-order valence-corrected chi connectivity index (χ2v) is 9.37. The van der Waals surface area contributed by atoms with Gasteiger partial charge in [0.2, 0.25) is 18.1 Å². The molecule has 3 N–H and O–H groups in total. The highest BCUT2D eigenvalue weighted by Gasteiger charge is 2.40. The van der Waals surface area contributed by atoms with Gasteiger partial charge >= 0.3 is 0 Å². The molecule has 1 saturated heterocycles. The highest BCUT2D eigenvalue weighted by Crippen LogP contribution is 2.35. The molecule has 3 heterocycles. The third-order valence-electron chi connectivity index (χ3n) is 6.25. The summed E-state index contributed by atoms with van der Waals surface area (Å²) in [5, 5.41) is 6.02. The lowest BCUT2D eigenvalue weighted by atomic mass is 9.91. The molecule has 0 spiro atoms. The molecule has 1 fully saturated rings. The van der Waals surface area contributed by atoms with E-state index in [9.17, 15) is 9.18 Å². The highest BCUT2D eigenvalue weighted by atomic mass is 19.1. The van der Waals surface area contributed by atoms with Crippen LogP contribution in [0.4, 0.5) is 16.0 Å². The molecule has 202 valence electrons. The van der Waals surface area contributed by atoms with Crippen molar-refractivity contribution in [1.82, 2.24) is 25.3 Å². The Bertz CT molecular complexity index is 1410. The normalized spacial score (nSPS) is 19.0. The quantitative estimate of drug-likeness (QED) is 0.274.